The van der Waals surface area contributed by atoms with Gasteiger partial charge in [-0.3, -0.25) is 0 Å². The number of nitrogens with zero attached hydrogens (tertiary/aromatic N) is 1. The van der Waals surface area contributed by atoms with E-state index in [4.69, 9.17) is 4.74 Å². The topological polar surface area (TPSA) is 24.5 Å². The van der Waals surface area contributed by atoms with Crippen LogP contribution in [-0.2, 0) is 6.54 Å². The molecule has 1 aliphatic carbocycles. The number of nitrogens with one attached hydrogen (secondary N) is 1. The fourth-order valence-corrected chi connectivity index (χ4v) is 2.31. The number of hydrogen-bond acceptors (Lipinski definition) is 3. The molecular weight excluding hydrogens is 236 g/mol. The number of ether oxygens (including phenoxy) is 1. The van der Waals surface area contributed by atoms with Crippen molar-refractivity contribution in [3.63, 3.8) is 0 Å². The van der Waals surface area contributed by atoms with Crippen LogP contribution in [0.25, 0.3) is 0 Å². The van der Waals surface area contributed by atoms with Crippen molar-refractivity contribution in [1.29, 1.82) is 0 Å². The third kappa shape index (κ3) is 3.87. The van der Waals surface area contributed by atoms with Crippen molar-refractivity contribution in [3.8, 4) is 5.75 Å². The maximum Gasteiger partial charge on any atom is 0.142 e. The minimum atomic E-state index is 0.716. The first-order valence-corrected chi connectivity index (χ1v) is 7.52. The highest BCUT2D eigenvalue weighted by molar-refractivity contribution is 5.59. The molecule has 3 heteroatoms. The molecular formula is C16H26N2O. The van der Waals surface area contributed by atoms with E-state index in [1.807, 2.05) is 6.92 Å². The highest BCUT2D eigenvalue weighted by Crippen LogP contribution is 2.30. The summed E-state index contributed by atoms with van der Waals surface area (Å²) in [5.41, 5.74) is 2.52. The second-order valence-electron chi connectivity index (χ2n) is 5.06. The number of hydrogen-bond donors (Lipinski definition) is 1. The van der Waals surface area contributed by atoms with Crippen LogP contribution in [0.3, 0.4) is 0 Å². The van der Waals surface area contributed by atoms with E-state index in [1.54, 1.807) is 0 Å². The number of anilines is 1. The molecule has 2 rings (SSSR count). The summed E-state index contributed by atoms with van der Waals surface area (Å²) in [6.45, 7) is 10.1. The summed E-state index contributed by atoms with van der Waals surface area (Å²) in [7, 11) is 0. The van der Waals surface area contributed by atoms with Crippen LogP contribution in [-0.4, -0.2) is 25.7 Å². The van der Waals surface area contributed by atoms with E-state index in [0.29, 0.717) is 6.61 Å². The normalized spacial score (nSPS) is 14.5. The molecule has 106 valence electrons. The molecule has 1 aromatic carbocycles. The van der Waals surface area contributed by atoms with Crippen LogP contribution in [0.2, 0.25) is 0 Å². The number of rotatable bonds is 8. The highest BCUT2D eigenvalue weighted by Gasteiger charge is 2.20. The average Bonchev–Trinajstić information content (AvgIpc) is 3.24. The Hall–Kier alpha value is -1.22. The quantitative estimate of drug-likeness (QED) is 0.778. The summed E-state index contributed by atoms with van der Waals surface area (Å²) in [6, 6.07) is 7.35. The Morgan fingerprint density at radius 2 is 1.95 bits per heavy atom. The van der Waals surface area contributed by atoms with Crippen LogP contribution >= 0.6 is 0 Å². The zero-order chi connectivity index (χ0) is 13.7. The van der Waals surface area contributed by atoms with Crippen LogP contribution in [0.5, 0.6) is 5.75 Å². The third-order valence-electron chi connectivity index (χ3n) is 3.60. The Bertz CT molecular complexity index is 398. The molecule has 0 aromatic heterocycles. The zero-order valence-electron chi connectivity index (χ0n) is 12.4. The Morgan fingerprint density at radius 1 is 1.21 bits per heavy atom. The van der Waals surface area contributed by atoms with Crippen molar-refractivity contribution in [2.24, 2.45) is 0 Å². The molecule has 0 unspecified atom stereocenters. The standard InChI is InChI=1S/C16H26N2O/c1-4-18(5-2)15-10-7-13(11-16(15)19-6-3)12-17-14-8-9-14/h7,10-11,14,17H,4-6,8-9,12H2,1-3H3. The fraction of sp³-hybridized carbons (Fsp3) is 0.625. The van der Waals surface area contributed by atoms with Crippen molar-refractivity contribution in [2.45, 2.75) is 46.2 Å². The van der Waals surface area contributed by atoms with E-state index in [2.05, 4.69) is 42.3 Å². The molecule has 0 bridgehead atoms. The molecule has 0 saturated heterocycles. The molecule has 19 heavy (non-hydrogen) atoms. The smallest absolute Gasteiger partial charge is 0.142 e. The molecule has 0 aliphatic heterocycles. The van der Waals surface area contributed by atoms with Crippen LogP contribution in [0, 0.1) is 0 Å². The molecule has 1 aliphatic rings. The molecule has 0 radical (unpaired) electrons. The van der Waals surface area contributed by atoms with Crippen molar-refractivity contribution in [1.82, 2.24) is 5.32 Å². The predicted octanol–water partition coefficient (Wildman–Crippen LogP) is 3.18. The van der Waals surface area contributed by atoms with Crippen molar-refractivity contribution in [2.75, 3.05) is 24.6 Å². The summed E-state index contributed by atoms with van der Waals surface area (Å²) >= 11 is 0. The SMILES string of the molecule is CCOc1cc(CNC2CC2)ccc1N(CC)CC. The predicted molar refractivity (Wildman–Crippen MR) is 81.0 cm³/mol. The van der Waals surface area contributed by atoms with Crippen LogP contribution < -0.4 is 15.0 Å². The van der Waals surface area contributed by atoms with E-state index < -0.39 is 0 Å². The van der Waals surface area contributed by atoms with Gasteiger partial charge in [-0.2, -0.15) is 0 Å². The molecule has 1 aromatic rings. The Balaban J connectivity index is 2.12. The summed E-state index contributed by atoms with van der Waals surface area (Å²) in [4.78, 5) is 2.34. The van der Waals surface area contributed by atoms with Gasteiger partial charge in [0.1, 0.15) is 5.75 Å². The maximum atomic E-state index is 5.82. The first-order chi connectivity index (χ1) is 9.28. The summed E-state index contributed by atoms with van der Waals surface area (Å²) in [5.74, 6) is 1.02. The van der Waals surface area contributed by atoms with Gasteiger partial charge in [-0.1, -0.05) is 6.07 Å². The second kappa shape index (κ2) is 6.80. The maximum absolute atomic E-state index is 5.82. The van der Waals surface area contributed by atoms with Gasteiger partial charge in [-0.25, -0.2) is 0 Å². The summed E-state index contributed by atoms with van der Waals surface area (Å²) in [6.07, 6.45) is 2.66. The van der Waals surface area contributed by atoms with Crippen LogP contribution in [0.15, 0.2) is 18.2 Å². The van der Waals surface area contributed by atoms with Gasteiger partial charge in [0, 0.05) is 25.7 Å². The average molecular weight is 262 g/mol. The van der Waals surface area contributed by atoms with Gasteiger partial charge in [0.25, 0.3) is 0 Å². The second-order valence-corrected chi connectivity index (χ2v) is 5.06. The molecule has 3 nitrogen and oxygen atoms in total. The van der Waals surface area contributed by atoms with E-state index in [0.717, 1.165) is 31.4 Å². The fourth-order valence-electron chi connectivity index (χ4n) is 2.31. The van der Waals surface area contributed by atoms with E-state index in [-0.39, 0.29) is 0 Å². The molecule has 1 N–H and O–H groups in total. The summed E-state index contributed by atoms with van der Waals surface area (Å²) in [5, 5.41) is 3.55. The van der Waals surface area contributed by atoms with Crippen LogP contribution in [0.1, 0.15) is 39.2 Å². The first kappa shape index (κ1) is 14.2. The Labute approximate surface area is 116 Å². The van der Waals surface area contributed by atoms with Gasteiger partial charge in [0.2, 0.25) is 0 Å². The van der Waals surface area contributed by atoms with Gasteiger partial charge in [0.05, 0.1) is 12.3 Å². The minimum absolute atomic E-state index is 0.716. The largest absolute Gasteiger partial charge is 0.492 e. The zero-order valence-corrected chi connectivity index (χ0v) is 12.4. The monoisotopic (exact) mass is 262 g/mol. The molecule has 1 saturated carbocycles. The van der Waals surface area contributed by atoms with E-state index in [1.165, 1.54) is 24.1 Å². The van der Waals surface area contributed by atoms with Crippen molar-refractivity contribution < 1.29 is 4.74 Å². The molecule has 1 fully saturated rings. The minimum Gasteiger partial charge on any atom is -0.492 e. The van der Waals surface area contributed by atoms with Crippen molar-refractivity contribution >= 4 is 5.69 Å². The van der Waals surface area contributed by atoms with Crippen molar-refractivity contribution in [3.05, 3.63) is 23.8 Å². The lowest BCUT2D eigenvalue weighted by Crippen LogP contribution is -2.23. The molecule has 0 spiro atoms. The number of benzene rings is 1. The van der Waals surface area contributed by atoms with E-state index >= 15 is 0 Å². The van der Waals surface area contributed by atoms with Gasteiger partial charge in [-0.15, -0.1) is 0 Å². The van der Waals surface area contributed by atoms with Gasteiger partial charge >= 0.3 is 0 Å². The first-order valence-electron chi connectivity index (χ1n) is 7.52. The molecule has 0 atom stereocenters. The lowest BCUT2D eigenvalue weighted by atomic mass is 10.1. The van der Waals surface area contributed by atoms with Gasteiger partial charge < -0.3 is 15.0 Å². The summed E-state index contributed by atoms with van der Waals surface area (Å²) < 4.78 is 5.82. The lowest BCUT2D eigenvalue weighted by Gasteiger charge is -2.24. The highest BCUT2D eigenvalue weighted by atomic mass is 16.5. The van der Waals surface area contributed by atoms with E-state index in [9.17, 15) is 0 Å². The Morgan fingerprint density at radius 3 is 2.53 bits per heavy atom. The molecule has 0 heterocycles. The van der Waals surface area contributed by atoms with Gasteiger partial charge in [0.15, 0.2) is 0 Å². The Kier molecular flexibility index (Phi) is 5.08. The third-order valence-corrected chi connectivity index (χ3v) is 3.60. The van der Waals surface area contributed by atoms with Gasteiger partial charge in [-0.05, 0) is 51.3 Å². The van der Waals surface area contributed by atoms with Crippen LogP contribution in [0.4, 0.5) is 5.69 Å². The lowest BCUT2D eigenvalue weighted by molar-refractivity contribution is 0.340. The molecule has 0 amide bonds.